The van der Waals surface area contributed by atoms with Crippen molar-refractivity contribution < 1.29 is 28.5 Å². The van der Waals surface area contributed by atoms with E-state index in [2.05, 4.69) is 43.9 Å². The third kappa shape index (κ3) is 28.9. The molecule has 0 aliphatic rings. The van der Waals surface area contributed by atoms with E-state index in [1.165, 1.54) is 38.5 Å². The summed E-state index contributed by atoms with van der Waals surface area (Å²) in [7, 11) is 10.3. The number of quaternary nitrogens is 2. The summed E-state index contributed by atoms with van der Waals surface area (Å²) in [5.41, 5.74) is 0. The molecule has 39 heavy (non-hydrogen) atoms. The largest absolute Gasteiger partial charge is 0.477 e. The Morgan fingerprint density at radius 1 is 0.590 bits per heavy atom. The Balaban J connectivity index is 3.41. The monoisotopic (exact) mass is 554 g/mol. The summed E-state index contributed by atoms with van der Waals surface area (Å²) in [5.74, 6) is -0.487. The topological polar surface area (TPSA) is 95.5 Å². The van der Waals surface area contributed by atoms with E-state index >= 15 is 0 Å². The van der Waals surface area contributed by atoms with Crippen LogP contribution in [0.5, 0.6) is 0 Å². The summed E-state index contributed by atoms with van der Waals surface area (Å²) in [6.07, 6.45) is 21.4. The number of nitrogens with one attached hydrogen (secondary N) is 2. The van der Waals surface area contributed by atoms with E-state index in [1.54, 1.807) is 0 Å². The van der Waals surface area contributed by atoms with Crippen molar-refractivity contribution in [1.29, 1.82) is 0 Å². The minimum atomic E-state index is -0.793. The number of likely N-dealkylation sites (N-methyl/N-ethyl adjacent to an activating group) is 1. The molecule has 0 radical (unpaired) electrons. The summed E-state index contributed by atoms with van der Waals surface area (Å²) < 4.78 is 1.37. The van der Waals surface area contributed by atoms with E-state index < -0.39 is 5.97 Å². The van der Waals surface area contributed by atoms with Crippen molar-refractivity contribution in [3.05, 3.63) is 12.2 Å². The van der Waals surface area contributed by atoms with E-state index in [-0.39, 0.29) is 18.4 Å². The number of carboxylic acids is 1. The first-order chi connectivity index (χ1) is 18.4. The second kappa shape index (κ2) is 22.8. The molecule has 2 amide bonds. The van der Waals surface area contributed by atoms with Crippen molar-refractivity contribution in [1.82, 2.24) is 10.6 Å². The number of hydrogen-bond donors (Lipinski definition) is 3. The number of unbranched alkanes of at least 4 members (excludes halogenated alkanes) is 10. The smallest absolute Gasteiger partial charge is 0.359 e. The molecule has 0 aromatic rings. The quantitative estimate of drug-likeness (QED) is 0.0807. The van der Waals surface area contributed by atoms with Gasteiger partial charge in [-0.3, -0.25) is 9.59 Å². The number of carbonyl (C=O) groups excluding carboxylic acids is 2. The third-order valence-electron chi connectivity index (χ3n) is 6.87. The highest BCUT2D eigenvalue weighted by Gasteiger charge is 2.18. The number of nitrogens with zero attached hydrogens (tertiary/aromatic N) is 2. The molecule has 0 saturated heterocycles. The molecular weight excluding hydrogens is 492 g/mol. The summed E-state index contributed by atoms with van der Waals surface area (Å²) in [4.78, 5) is 34.6. The van der Waals surface area contributed by atoms with E-state index in [0.29, 0.717) is 23.9 Å². The molecule has 0 atom stereocenters. The molecule has 8 nitrogen and oxygen atoms in total. The van der Waals surface area contributed by atoms with Crippen LogP contribution in [0.1, 0.15) is 103 Å². The maximum Gasteiger partial charge on any atom is 0.359 e. The van der Waals surface area contributed by atoms with Crippen molar-refractivity contribution in [2.24, 2.45) is 0 Å². The molecular formula is C31H62N4O4+2. The van der Waals surface area contributed by atoms with Crippen LogP contribution in [-0.2, 0) is 14.4 Å². The summed E-state index contributed by atoms with van der Waals surface area (Å²) in [5, 5.41) is 14.9. The minimum absolute atomic E-state index is 0.102. The second-order valence-electron chi connectivity index (χ2n) is 12.7. The van der Waals surface area contributed by atoms with Crippen LogP contribution >= 0.6 is 0 Å². The number of hydrogen-bond acceptors (Lipinski definition) is 3. The van der Waals surface area contributed by atoms with Gasteiger partial charge >= 0.3 is 5.97 Å². The van der Waals surface area contributed by atoms with Gasteiger partial charge in [0.1, 0.15) is 0 Å². The Morgan fingerprint density at radius 2 is 1.00 bits per heavy atom. The average Bonchev–Trinajstić information content (AvgIpc) is 2.83. The summed E-state index contributed by atoms with van der Waals surface area (Å²) >= 11 is 0. The molecule has 0 heterocycles. The van der Waals surface area contributed by atoms with E-state index in [1.807, 2.05) is 14.1 Å². The van der Waals surface area contributed by atoms with Crippen molar-refractivity contribution >= 4 is 17.8 Å². The standard InChI is InChI=1S/C31H60N4O4/c1-34(2,3)26-20-24-32-29(36)22-18-16-14-12-10-8-6-7-9-11-13-15-17-19-23-30(37)33-25-21-27-35(4,5)28-31(38)39/h6-7H,8-28H2,1-5H3,(H-2,32,33,36,37,38,39)/p+2/b7-6+. The highest BCUT2D eigenvalue weighted by atomic mass is 16.4. The van der Waals surface area contributed by atoms with Crippen LogP contribution in [0.4, 0.5) is 0 Å². The number of rotatable bonds is 26. The van der Waals surface area contributed by atoms with E-state index in [9.17, 15) is 14.4 Å². The molecule has 8 heteroatoms. The Morgan fingerprint density at radius 3 is 1.44 bits per heavy atom. The number of aliphatic carboxylic acids is 1. The molecule has 0 rings (SSSR count). The van der Waals surface area contributed by atoms with E-state index in [0.717, 1.165) is 75.5 Å². The van der Waals surface area contributed by atoms with Crippen molar-refractivity contribution in [2.75, 3.05) is 68.0 Å². The fourth-order valence-corrected chi connectivity index (χ4v) is 4.53. The zero-order chi connectivity index (χ0) is 29.4. The van der Waals surface area contributed by atoms with Gasteiger partial charge in [0, 0.05) is 38.8 Å². The summed E-state index contributed by atoms with van der Waals surface area (Å²) in [6, 6.07) is 0. The van der Waals surface area contributed by atoms with Crippen molar-refractivity contribution in [2.45, 2.75) is 103 Å². The molecule has 0 saturated carbocycles. The lowest BCUT2D eigenvalue weighted by Crippen LogP contribution is -2.45. The molecule has 0 aromatic carbocycles. The number of amides is 2. The first-order valence-corrected chi connectivity index (χ1v) is 15.4. The Bertz CT molecular complexity index is 687. The lowest BCUT2D eigenvalue weighted by molar-refractivity contribution is -0.883. The molecule has 0 aromatic heterocycles. The predicted octanol–water partition coefficient (Wildman–Crippen LogP) is 4.88. The zero-order valence-electron chi connectivity index (χ0n) is 26.1. The van der Waals surface area contributed by atoms with Crippen LogP contribution in [0.2, 0.25) is 0 Å². The van der Waals surface area contributed by atoms with Crippen LogP contribution in [0.15, 0.2) is 12.2 Å². The van der Waals surface area contributed by atoms with Gasteiger partial charge in [0.05, 0.1) is 48.3 Å². The average molecular weight is 555 g/mol. The van der Waals surface area contributed by atoms with Gasteiger partial charge in [-0.15, -0.1) is 0 Å². The molecule has 3 N–H and O–H groups in total. The normalized spacial score (nSPS) is 12.1. The van der Waals surface area contributed by atoms with Crippen LogP contribution in [0.3, 0.4) is 0 Å². The van der Waals surface area contributed by atoms with Gasteiger partial charge in [-0.1, -0.05) is 50.7 Å². The Labute approximate surface area is 239 Å². The molecule has 228 valence electrons. The van der Waals surface area contributed by atoms with Crippen LogP contribution in [0.25, 0.3) is 0 Å². The van der Waals surface area contributed by atoms with Gasteiger partial charge in [-0.25, -0.2) is 4.79 Å². The molecule has 0 unspecified atom stereocenters. The fraction of sp³-hybridized carbons (Fsp3) is 0.839. The van der Waals surface area contributed by atoms with Crippen molar-refractivity contribution in [3.63, 3.8) is 0 Å². The number of carboxylic acid groups (broad SMARTS) is 1. The van der Waals surface area contributed by atoms with Crippen molar-refractivity contribution in [3.8, 4) is 0 Å². The number of carbonyl (C=O) groups is 3. The van der Waals surface area contributed by atoms with Gasteiger partial charge in [-0.2, -0.15) is 0 Å². The van der Waals surface area contributed by atoms with Gasteiger partial charge in [0.25, 0.3) is 0 Å². The molecule has 0 bridgehead atoms. The van der Waals surface area contributed by atoms with Crippen LogP contribution in [-0.4, -0.2) is 99.8 Å². The highest BCUT2D eigenvalue weighted by Crippen LogP contribution is 2.10. The SMILES string of the molecule is C[N+](C)(C)CCCNC(=O)CCCCCCC/C=C/CCCCCCCC(=O)NCCC[N+](C)(C)CC(=O)O. The molecule has 0 aliphatic carbocycles. The highest BCUT2D eigenvalue weighted by molar-refractivity contribution is 5.76. The Kier molecular flexibility index (Phi) is 21.7. The third-order valence-corrected chi connectivity index (χ3v) is 6.87. The van der Waals surface area contributed by atoms with Gasteiger partial charge in [0.15, 0.2) is 6.54 Å². The zero-order valence-corrected chi connectivity index (χ0v) is 26.1. The lowest BCUT2D eigenvalue weighted by Gasteiger charge is -2.27. The summed E-state index contributed by atoms with van der Waals surface area (Å²) in [6.45, 7) is 3.32. The maximum absolute atomic E-state index is 11.9. The minimum Gasteiger partial charge on any atom is -0.477 e. The second-order valence-corrected chi connectivity index (χ2v) is 12.7. The fourth-order valence-electron chi connectivity index (χ4n) is 4.53. The van der Waals surface area contributed by atoms with Gasteiger partial charge in [0.2, 0.25) is 11.8 Å². The Hall–Kier alpha value is -1.93. The van der Waals surface area contributed by atoms with Crippen LogP contribution < -0.4 is 10.6 Å². The predicted molar refractivity (Wildman–Crippen MR) is 161 cm³/mol. The molecule has 0 spiro atoms. The number of allylic oxidation sites excluding steroid dienone is 2. The van der Waals surface area contributed by atoms with Crippen LogP contribution in [0, 0.1) is 0 Å². The first-order valence-electron chi connectivity index (χ1n) is 15.4. The maximum atomic E-state index is 11.9. The molecule has 0 aliphatic heterocycles. The van der Waals surface area contributed by atoms with Gasteiger partial charge < -0.3 is 24.7 Å². The van der Waals surface area contributed by atoms with E-state index in [4.69, 9.17) is 5.11 Å². The lowest BCUT2D eigenvalue weighted by atomic mass is 10.1. The van der Waals surface area contributed by atoms with Gasteiger partial charge in [-0.05, 0) is 38.5 Å². The molecule has 0 fully saturated rings. The first kappa shape index (κ1) is 37.1.